The Hall–Kier alpha value is -2.39. The van der Waals surface area contributed by atoms with Crippen LogP contribution in [0.15, 0.2) is 17.8 Å². The number of hydrogen-bond acceptors (Lipinski definition) is 8. The van der Waals surface area contributed by atoms with Crippen LogP contribution in [0.3, 0.4) is 0 Å². The molecule has 3 aromatic rings. The maximum atomic E-state index is 11.4. The Kier molecular flexibility index (Phi) is 4.30. The van der Waals surface area contributed by atoms with Crippen molar-refractivity contribution in [2.45, 2.75) is 13.8 Å². The van der Waals surface area contributed by atoms with Gasteiger partial charge in [-0.05, 0) is 13.8 Å². The summed E-state index contributed by atoms with van der Waals surface area (Å²) in [5.41, 5.74) is 2.16. The number of amides is 1. The monoisotopic (exact) mass is 346 g/mol. The van der Waals surface area contributed by atoms with Crippen LogP contribution < -0.4 is 10.6 Å². The van der Waals surface area contributed by atoms with Crippen molar-refractivity contribution in [3.63, 3.8) is 0 Å². The highest BCUT2D eigenvalue weighted by atomic mass is 32.1. The van der Waals surface area contributed by atoms with Crippen LogP contribution in [-0.2, 0) is 0 Å². The summed E-state index contributed by atoms with van der Waals surface area (Å²) in [4.78, 5) is 29.7. The van der Waals surface area contributed by atoms with Crippen LogP contribution in [0.25, 0.3) is 10.6 Å². The molecule has 3 heterocycles. The van der Waals surface area contributed by atoms with E-state index in [1.165, 1.54) is 23.7 Å². The lowest BCUT2D eigenvalue weighted by Crippen LogP contribution is -2.19. The van der Waals surface area contributed by atoms with Crippen LogP contribution >= 0.6 is 22.7 Å². The molecule has 0 spiro atoms. The van der Waals surface area contributed by atoms with E-state index >= 15 is 0 Å². The summed E-state index contributed by atoms with van der Waals surface area (Å²) in [7, 11) is 1.55. The third-order valence-electron chi connectivity index (χ3n) is 2.99. The van der Waals surface area contributed by atoms with Crippen molar-refractivity contribution in [1.29, 1.82) is 0 Å². The Bertz CT molecular complexity index is 839. The average molecular weight is 346 g/mol. The van der Waals surface area contributed by atoms with E-state index in [9.17, 15) is 4.79 Å². The molecule has 118 valence electrons. The van der Waals surface area contributed by atoms with Crippen LogP contribution in [-0.4, -0.2) is 32.9 Å². The fraction of sp³-hybridized carbons (Fsp3) is 0.214. The number of carbonyl (C=O) groups is 1. The third kappa shape index (κ3) is 3.35. The van der Waals surface area contributed by atoms with Crippen LogP contribution in [0, 0.1) is 13.8 Å². The SMILES string of the molecule is CNC(=O)c1cnc(Nc2nc(-c3sc(C)nc3C)cs2)cn1. The normalized spacial score (nSPS) is 10.6. The minimum absolute atomic E-state index is 0.267. The molecule has 9 heteroatoms. The van der Waals surface area contributed by atoms with Crippen LogP contribution in [0.5, 0.6) is 0 Å². The molecular weight excluding hydrogens is 332 g/mol. The molecule has 2 N–H and O–H groups in total. The molecule has 0 aliphatic heterocycles. The van der Waals surface area contributed by atoms with E-state index in [4.69, 9.17) is 0 Å². The molecule has 0 aliphatic rings. The highest BCUT2D eigenvalue weighted by Crippen LogP contribution is 2.32. The number of nitrogens with one attached hydrogen (secondary N) is 2. The van der Waals surface area contributed by atoms with Crippen molar-refractivity contribution >= 4 is 39.5 Å². The topological polar surface area (TPSA) is 92.7 Å². The molecule has 3 rings (SSSR count). The molecule has 3 aromatic heterocycles. The van der Waals surface area contributed by atoms with Gasteiger partial charge in [0.2, 0.25) is 0 Å². The number of rotatable bonds is 4. The van der Waals surface area contributed by atoms with Crippen molar-refractivity contribution in [3.05, 3.63) is 34.2 Å². The predicted octanol–water partition coefficient (Wildman–Crippen LogP) is 2.78. The number of nitrogens with zero attached hydrogens (tertiary/aromatic N) is 4. The van der Waals surface area contributed by atoms with E-state index in [2.05, 4.69) is 30.6 Å². The van der Waals surface area contributed by atoms with Crippen LogP contribution in [0.1, 0.15) is 21.2 Å². The molecular formula is C14H14N6OS2. The molecule has 0 aromatic carbocycles. The average Bonchev–Trinajstić information content (AvgIpc) is 3.13. The smallest absolute Gasteiger partial charge is 0.271 e. The first-order valence-corrected chi connectivity index (χ1v) is 8.47. The van der Waals surface area contributed by atoms with Crippen molar-refractivity contribution in [1.82, 2.24) is 25.3 Å². The van der Waals surface area contributed by atoms with E-state index in [0.717, 1.165) is 21.3 Å². The van der Waals surface area contributed by atoms with Gasteiger partial charge in [-0.1, -0.05) is 0 Å². The Labute approximate surface area is 140 Å². The third-order valence-corrected chi connectivity index (χ3v) is 4.84. The maximum Gasteiger partial charge on any atom is 0.271 e. The summed E-state index contributed by atoms with van der Waals surface area (Å²) in [6, 6.07) is 0. The van der Waals surface area contributed by atoms with Crippen molar-refractivity contribution in [3.8, 4) is 10.6 Å². The summed E-state index contributed by atoms with van der Waals surface area (Å²) in [5.74, 6) is 0.271. The number of carbonyl (C=O) groups excluding carboxylic acids is 1. The molecule has 0 saturated heterocycles. The second-order valence-corrected chi connectivity index (χ2v) is 6.74. The van der Waals surface area contributed by atoms with Gasteiger partial charge in [-0.15, -0.1) is 22.7 Å². The zero-order valence-corrected chi connectivity index (χ0v) is 14.4. The number of anilines is 2. The Morgan fingerprint density at radius 1 is 1.17 bits per heavy atom. The first-order valence-electron chi connectivity index (χ1n) is 6.78. The molecule has 7 nitrogen and oxygen atoms in total. The van der Waals surface area contributed by atoms with Crippen molar-refractivity contribution in [2.24, 2.45) is 0 Å². The summed E-state index contributed by atoms with van der Waals surface area (Å²) < 4.78 is 0. The first-order chi connectivity index (χ1) is 11.1. The molecule has 0 fully saturated rings. The van der Waals surface area contributed by atoms with Crippen LogP contribution in [0.2, 0.25) is 0 Å². The summed E-state index contributed by atoms with van der Waals surface area (Å²) >= 11 is 3.11. The predicted molar refractivity (Wildman–Crippen MR) is 91.4 cm³/mol. The molecule has 0 aliphatic carbocycles. The number of hydrogen-bond donors (Lipinski definition) is 2. The van der Waals surface area contributed by atoms with Gasteiger partial charge in [0.15, 0.2) is 10.9 Å². The lowest BCUT2D eigenvalue weighted by atomic mass is 10.3. The van der Waals surface area contributed by atoms with E-state index in [0.29, 0.717) is 10.9 Å². The Morgan fingerprint density at radius 2 is 2.00 bits per heavy atom. The van der Waals surface area contributed by atoms with E-state index in [1.807, 2.05) is 19.2 Å². The van der Waals surface area contributed by atoms with Gasteiger partial charge in [0.25, 0.3) is 5.91 Å². The van der Waals surface area contributed by atoms with Gasteiger partial charge in [-0.3, -0.25) is 4.79 Å². The van der Waals surface area contributed by atoms with Crippen LogP contribution in [0.4, 0.5) is 10.9 Å². The second-order valence-electron chi connectivity index (χ2n) is 4.68. The van der Waals surface area contributed by atoms with Gasteiger partial charge < -0.3 is 10.6 Å². The highest BCUT2D eigenvalue weighted by molar-refractivity contribution is 7.16. The lowest BCUT2D eigenvalue weighted by Gasteiger charge is -2.02. The van der Waals surface area contributed by atoms with Gasteiger partial charge in [0.05, 0.1) is 33.7 Å². The van der Waals surface area contributed by atoms with E-state index in [1.54, 1.807) is 18.4 Å². The second kappa shape index (κ2) is 6.39. The summed E-state index contributed by atoms with van der Waals surface area (Å²) in [5, 5.41) is 9.31. The molecule has 0 radical (unpaired) electrons. The van der Waals surface area contributed by atoms with Gasteiger partial charge >= 0.3 is 0 Å². The highest BCUT2D eigenvalue weighted by Gasteiger charge is 2.12. The van der Waals surface area contributed by atoms with Gasteiger partial charge in [-0.2, -0.15) is 0 Å². The Balaban J connectivity index is 1.76. The molecule has 0 bridgehead atoms. The van der Waals surface area contributed by atoms with Crippen molar-refractivity contribution < 1.29 is 4.79 Å². The fourth-order valence-electron chi connectivity index (χ4n) is 1.95. The lowest BCUT2D eigenvalue weighted by molar-refractivity contribution is 0.0958. The minimum atomic E-state index is -0.267. The standard InChI is InChI=1S/C14H14N6OS2/c1-7-12(23-8(2)18-7)10-6-22-14(19-10)20-11-5-16-9(4-17-11)13(21)15-3/h4-6H,1-3H3,(H,15,21)(H,17,19,20). The molecule has 23 heavy (non-hydrogen) atoms. The number of thiazole rings is 2. The van der Waals surface area contributed by atoms with E-state index in [-0.39, 0.29) is 11.6 Å². The molecule has 1 amide bonds. The quantitative estimate of drug-likeness (QED) is 0.754. The molecule has 0 atom stereocenters. The summed E-state index contributed by atoms with van der Waals surface area (Å²) in [6.45, 7) is 3.96. The molecule has 0 unspecified atom stereocenters. The zero-order chi connectivity index (χ0) is 16.4. The first kappa shape index (κ1) is 15.5. The van der Waals surface area contributed by atoms with Gasteiger partial charge in [-0.25, -0.2) is 19.9 Å². The minimum Gasteiger partial charge on any atom is -0.354 e. The maximum absolute atomic E-state index is 11.4. The zero-order valence-electron chi connectivity index (χ0n) is 12.7. The van der Waals surface area contributed by atoms with Crippen molar-refractivity contribution in [2.75, 3.05) is 12.4 Å². The molecule has 0 saturated carbocycles. The summed E-state index contributed by atoms with van der Waals surface area (Å²) in [6.07, 6.45) is 2.93. The largest absolute Gasteiger partial charge is 0.354 e. The van der Waals surface area contributed by atoms with Gasteiger partial charge in [0.1, 0.15) is 5.69 Å². The number of aromatic nitrogens is 4. The Morgan fingerprint density at radius 3 is 2.61 bits per heavy atom. The number of aryl methyl sites for hydroxylation is 2. The van der Waals surface area contributed by atoms with Gasteiger partial charge in [0, 0.05) is 12.4 Å². The fourth-order valence-corrected chi connectivity index (χ4v) is 3.62. The van der Waals surface area contributed by atoms with E-state index < -0.39 is 0 Å².